The molecule has 35 heavy (non-hydrogen) atoms. The Morgan fingerprint density at radius 2 is 1.60 bits per heavy atom. The van der Waals surface area contributed by atoms with Gasteiger partial charge in [0.1, 0.15) is 5.56 Å². The molecule has 2 aromatic heterocycles. The average molecular weight is 506 g/mol. The van der Waals surface area contributed by atoms with Gasteiger partial charge in [0.05, 0.1) is 11.3 Å². The molecule has 0 saturated carbocycles. The van der Waals surface area contributed by atoms with Crippen molar-refractivity contribution in [3.63, 3.8) is 0 Å². The fraction of sp³-hybridized carbons (Fsp3) is 0.571. The molecule has 0 aromatic carbocycles. The maximum atomic E-state index is 13.0. The molecule has 0 bridgehead atoms. The molecular weight excluding hydrogens is 482 g/mol. The van der Waals surface area contributed by atoms with Crippen LogP contribution in [-0.2, 0) is 23.6 Å². The normalized spacial score (nSPS) is 15.4. The van der Waals surface area contributed by atoms with Crippen LogP contribution in [0.2, 0.25) is 0 Å². The van der Waals surface area contributed by atoms with Crippen molar-refractivity contribution >= 4 is 11.9 Å². The van der Waals surface area contributed by atoms with Gasteiger partial charge in [-0.3, -0.25) is 9.59 Å². The molecule has 3 rings (SSSR count). The van der Waals surface area contributed by atoms with Crippen LogP contribution in [0.1, 0.15) is 43.5 Å². The summed E-state index contributed by atoms with van der Waals surface area (Å²) >= 11 is 0. The smallest absolute Gasteiger partial charge is 0.339 e. The second-order valence-electron chi connectivity index (χ2n) is 8.89. The molecule has 1 saturated heterocycles. The van der Waals surface area contributed by atoms with Crippen LogP contribution in [0, 0.1) is 5.41 Å². The first-order valence-corrected chi connectivity index (χ1v) is 10.8. The van der Waals surface area contributed by atoms with Crippen molar-refractivity contribution in [3.05, 3.63) is 45.6 Å². The minimum absolute atomic E-state index is 0.0744. The molecule has 0 radical (unpaired) electrons. The summed E-state index contributed by atoms with van der Waals surface area (Å²) in [5, 5.41) is 5.50. The van der Waals surface area contributed by atoms with Gasteiger partial charge in [0.15, 0.2) is 0 Å². The van der Waals surface area contributed by atoms with E-state index in [1.54, 1.807) is 23.6 Å². The van der Waals surface area contributed by atoms with Crippen LogP contribution in [0.4, 0.5) is 32.3 Å². The third-order valence-corrected chi connectivity index (χ3v) is 5.79. The summed E-state index contributed by atoms with van der Waals surface area (Å²) in [6.07, 6.45) is -6.98. The quantitative estimate of drug-likeness (QED) is 0.605. The molecule has 1 N–H and O–H groups in total. The second kappa shape index (κ2) is 9.82. The van der Waals surface area contributed by atoms with Gasteiger partial charge < -0.3 is 9.80 Å². The molecule has 0 atom stereocenters. The number of alkyl halides is 6. The molecule has 1 aliphatic heterocycles. The highest BCUT2D eigenvalue weighted by Crippen LogP contribution is 2.30. The summed E-state index contributed by atoms with van der Waals surface area (Å²) in [6, 6.07) is 0.718. The number of halogens is 6. The fourth-order valence-corrected chi connectivity index (χ4v) is 3.77. The van der Waals surface area contributed by atoms with Crippen molar-refractivity contribution in [2.45, 2.75) is 45.5 Å². The summed E-state index contributed by atoms with van der Waals surface area (Å²) in [7, 11) is 0. The number of nitrogens with zero attached hydrogens (tertiary/aromatic N) is 5. The Hall–Kier alpha value is -3.19. The Morgan fingerprint density at radius 1 is 1.00 bits per heavy atom. The number of carbonyl (C=O) groups excluding carboxylic acids is 1. The van der Waals surface area contributed by atoms with E-state index >= 15 is 0 Å². The lowest BCUT2D eigenvalue weighted by atomic mass is 9.85. The van der Waals surface area contributed by atoms with Crippen molar-refractivity contribution in [2.24, 2.45) is 5.41 Å². The fourth-order valence-electron chi connectivity index (χ4n) is 3.77. The van der Waals surface area contributed by atoms with E-state index < -0.39 is 34.5 Å². The lowest BCUT2D eigenvalue weighted by molar-refractivity contribution is -0.141. The number of anilines is 1. The van der Waals surface area contributed by atoms with Crippen molar-refractivity contribution in [1.29, 1.82) is 0 Å². The number of hydrogen-bond acceptors (Lipinski definition) is 6. The molecule has 1 amide bonds. The summed E-state index contributed by atoms with van der Waals surface area (Å²) in [6.45, 7) is 4.81. The molecule has 0 unspecified atom stereocenters. The van der Waals surface area contributed by atoms with E-state index in [1.165, 1.54) is 0 Å². The Morgan fingerprint density at radius 3 is 2.14 bits per heavy atom. The number of H-pyrrole nitrogens is 1. The maximum Gasteiger partial charge on any atom is 0.421 e. The predicted molar refractivity (Wildman–Crippen MR) is 112 cm³/mol. The van der Waals surface area contributed by atoms with Gasteiger partial charge in [-0.25, -0.2) is 15.1 Å². The topological polar surface area (TPSA) is 95.1 Å². The highest BCUT2D eigenvalue weighted by atomic mass is 19.4. The largest absolute Gasteiger partial charge is 0.421 e. The molecule has 14 heteroatoms. The Balaban J connectivity index is 1.53. The SMILES string of the molecule is CC(C)(CCCc1cc(C(F)(F)F)c(=O)[nH]n1)C(=O)N1CCN(c2ncc(C(F)(F)F)cn2)CC1. The van der Waals surface area contributed by atoms with Crippen molar-refractivity contribution < 1.29 is 31.1 Å². The van der Waals surface area contributed by atoms with E-state index in [0.29, 0.717) is 39.0 Å². The van der Waals surface area contributed by atoms with Crippen LogP contribution >= 0.6 is 0 Å². The van der Waals surface area contributed by atoms with Gasteiger partial charge in [0, 0.05) is 44.0 Å². The van der Waals surface area contributed by atoms with Gasteiger partial charge in [0.2, 0.25) is 11.9 Å². The van der Waals surface area contributed by atoms with Gasteiger partial charge in [-0.1, -0.05) is 13.8 Å². The first kappa shape index (κ1) is 26.4. The maximum absolute atomic E-state index is 13.0. The summed E-state index contributed by atoms with van der Waals surface area (Å²) in [4.78, 5) is 35.3. The van der Waals surface area contributed by atoms with E-state index in [4.69, 9.17) is 0 Å². The van der Waals surface area contributed by atoms with Crippen molar-refractivity contribution in [1.82, 2.24) is 25.1 Å². The zero-order valence-electron chi connectivity index (χ0n) is 19.0. The summed E-state index contributed by atoms with van der Waals surface area (Å²) in [5.41, 5.74) is -4.29. The van der Waals surface area contributed by atoms with Crippen molar-refractivity contribution in [3.8, 4) is 0 Å². The first-order chi connectivity index (χ1) is 16.2. The molecule has 1 aliphatic rings. The molecule has 0 aliphatic carbocycles. The highest BCUT2D eigenvalue weighted by Gasteiger charge is 2.36. The third kappa shape index (κ3) is 6.48. The van der Waals surface area contributed by atoms with Crippen LogP contribution in [0.25, 0.3) is 0 Å². The van der Waals surface area contributed by atoms with E-state index in [1.807, 2.05) is 5.10 Å². The number of carbonyl (C=O) groups is 1. The van der Waals surface area contributed by atoms with Gasteiger partial charge in [0.25, 0.3) is 5.56 Å². The Labute approximate surface area is 196 Å². The Kier molecular flexibility index (Phi) is 7.41. The summed E-state index contributed by atoms with van der Waals surface area (Å²) in [5.74, 6) is 0.00637. The van der Waals surface area contributed by atoms with Crippen LogP contribution in [0.3, 0.4) is 0 Å². The van der Waals surface area contributed by atoms with Crippen LogP contribution in [0.15, 0.2) is 23.3 Å². The lowest BCUT2D eigenvalue weighted by Gasteiger charge is -2.38. The lowest BCUT2D eigenvalue weighted by Crippen LogP contribution is -2.52. The van der Waals surface area contributed by atoms with E-state index in [0.717, 1.165) is 18.5 Å². The number of aromatic amines is 1. The highest BCUT2D eigenvalue weighted by molar-refractivity contribution is 5.82. The number of aromatic nitrogens is 4. The number of rotatable bonds is 6. The molecular formula is C21H24F6N6O2. The van der Waals surface area contributed by atoms with E-state index in [-0.39, 0.29) is 24.0 Å². The number of piperazine rings is 1. The third-order valence-electron chi connectivity index (χ3n) is 5.79. The zero-order valence-corrected chi connectivity index (χ0v) is 19.0. The minimum Gasteiger partial charge on any atom is -0.339 e. The molecule has 2 aromatic rings. The molecule has 3 heterocycles. The zero-order chi connectivity index (χ0) is 26.0. The van der Waals surface area contributed by atoms with Gasteiger partial charge in [-0.2, -0.15) is 31.4 Å². The Bertz CT molecular complexity index is 1090. The predicted octanol–water partition coefficient (Wildman–Crippen LogP) is 3.30. The van der Waals surface area contributed by atoms with Gasteiger partial charge >= 0.3 is 12.4 Å². The monoisotopic (exact) mass is 506 g/mol. The number of amides is 1. The number of hydrogen-bond donors (Lipinski definition) is 1. The van der Waals surface area contributed by atoms with Crippen LogP contribution < -0.4 is 10.5 Å². The van der Waals surface area contributed by atoms with Gasteiger partial charge in [-0.15, -0.1) is 0 Å². The van der Waals surface area contributed by atoms with Crippen molar-refractivity contribution in [2.75, 3.05) is 31.1 Å². The summed E-state index contributed by atoms with van der Waals surface area (Å²) < 4.78 is 76.7. The standard InChI is InChI=1S/C21H24F6N6O2/c1-19(2,5-3-4-14-10-15(21(25,26)27)16(34)31-30-14)17(35)32-6-8-33(9-7-32)18-28-11-13(12-29-18)20(22,23)24/h10-12H,3-9H2,1-2H3,(H,31,34). The van der Waals surface area contributed by atoms with E-state index in [2.05, 4.69) is 15.1 Å². The second-order valence-corrected chi connectivity index (χ2v) is 8.89. The molecule has 8 nitrogen and oxygen atoms in total. The molecule has 0 spiro atoms. The first-order valence-electron chi connectivity index (χ1n) is 10.8. The van der Waals surface area contributed by atoms with Crippen LogP contribution in [-0.4, -0.2) is 57.2 Å². The van der Waals surface area contributed by atoms with Gasteiger partial charge in [-0.05, 0) is 25.3 Å². The average Bonchev–Trinajstić information content (AvgIpc) is 2.78. The number of nitrogens with one attached hydrogen (secondary N) is 1. The van der Waals surface area contributed by atoms with Crippen LogP contribution in [0.5, 0.6) is 0 Å². The minimum atomic E-state index is -4.78. The number of aryl methyl sites for hydroxylation is 1. The molecule has 192 valence electrons. The molecule has 1 fully saturated rings. The van der Waals surface area contributed by atoms with E-state index in [9.17, 15) is 35.9 Å².